The van der Waals surface area contributed by atoms with Gasteiger partial charge in [0.05, 0.1) is 23.6 Å². The molecule has 1 N–H and O–H groups in total. The standard InChI is InChI=1S/C25H25N3O2S/c1-3-8-20(23-11-7-14-31-23)27-24(29)19-12-13-22-21(15-19)26-17(2)25(30)28(22)16-18-9-5-4-6-10-18/h4-7,9-15,20H,3,8,16H2,1-2H3,(H,27,29)/t20-/m0/s1. The van der Waals surface area contributed by atoms with Crippen LogP contribution in [0, 0.1) is 6.92 Å². The SMILES string of the molecule is CCC[C@H](NC(=O)c1ccc2c(c1)nc(C)c(=O)n2Cc1ccccc1)c1cccs1. The minimum Gasteiger partial charge on any atom is -0.344 e. The van der Waals surface area contributed by atoms with Crippen molar-refractivity contribution in [2.24, 2.45) is 0 Å². The zero-order chi connectivity index (χ0) is 21.8. The molecule has 0 unspecified atom stereocenters. The molecule has 4 aromatic rings. The number of fused-ring (bicyclic) bond motifs is 1. The van der Waals surface area contributed by atoms with Gasteiger partial charge in [0, 0.05) is 10.4 Å². The lowest BCUT2D eigenvalue weighted by atomic mass is 10.1. The summed E-state index contributed by atoms with van der Waals surface area (Å²) < 4.78 is 1.72. The number of amides is 1. The smallest absolute Gasteiger partial charge is 0.272 e. The van der Waals surface area contributed by atoms with Crippen LogP contribution in [0.4, 0.5) is 0 Å². The molecule has 0 saturated carbocycles. The second-order valence-electron chi connectivity index (χ2n) is 7.61. The van der Waals surface area contributed by atoms with Crippen LogP contribution in [0.2, 0.25) is 0 Å². The first-order valence-corrected chi connectivity index (χ1v) is 11.3. The number of rotatable bonds is 7. The molecule has 4 rings (SSSR count). The van der Waals surface area contributed by atoms with Gasteiger partial charge in [-0.05, 0) is 48.6 Å². The molecule has 0 bridgehead atoms. The van der Waals surface area contributed by atoms with Crippen LogP contribution in [0.3, 0.4) is 0 Å². The Morgan fingerprint density at radius 3 is 2.65 bits per heavy atom. The Morgan fingerprint density at radius 1 is 1.13 bits per heavy atom. The van der Waals surface area contributed by atoms with Crippen LogP contribution in [0.25, 0.3) is 11.0 Å². The van der Waals surface area contributed by atoms with Crippen LogP contribution < -0.4 is 10.9 Å². The molecule has 2 aromatic heterocycles. The Hall–Kier alpha value is -3.25. The van der Waals surface area contributed by atoms with Gasteiger partial charge in [0.2, 0.25) is 0 Å². The lowest BCUT2D eigenvalue weighted by Crippen LogP contribution is -2.28. The first kappa shape index (κ1) is 21.0. The van der Waals surface area contributed by atoms with E-state index in [1.807, 2.05) is 47.8 Å². The fourth-order valence-electron chi connectivity index (χ4n) is 3.74. The molecule has 0 spiro atoms. The molecule has 1 atom stereocenters. The van der Waals surface area contributed by atoms with Crippen LogP contribution >= 0.6 is 11.3 Å². The summed E-state index contributed by atoms with van der Waals surface area (Å²) in [5, 5.41) is 5.18. The van der Waals surface area contributed by atoms with Crippen molar-refractivity contribution in [1.82, 2.24) is 14.9 Å². The van der Waals surface area contributed by atoms with Gasteiger partial charge >= 0.3 is 0 Å². The first-order valence-electron chi connectivity index (χ1n) is 10.5. The minimum absolute atomic E-state index is 0.00470. The highest BCUT2D eigenvalue weighted by Crippen LogP contribution is 2.24. The quantitative estimate of drug-likeness (QED) is 0.443. The van der Waals surface area contributed by atoms with Crippen molar-refractivity contribution in [3.63, 3.8) is 0 Å². The van der Waals surface area contributed by atoms with E-state index in [4.69, 9.17) is 0 Å². The van der Waals surface area contributed by atoms with Crippen LogP contribution in [0.5, 0.6) is 0 Å². The van der Waals surface area contributed by atoms with E-state index in [0.29, 0.717) is 23.3 Å². The fraction of sp³-hybridized carbons (Fsp3) is 0.240. The van der Waals surface area contributed by atoms with E-state index >= 15 is 0 Å². The second-order valence-corrected chi connectivity index (χ2v) is 8.59. The highest BCUT2D eigenvalue weighted by molar-refractivity contribution is 7.10. The van der Waals surface area contributed by atoms with Gasteiger partial charge in [0.15, 0.2) is 0 Å². The Labute approximate surface area is 185 Å². The van der Waals surface area contributed by atoms with E-state index in [-0.39, 0.29) is 17.5 Å². The van der Waals surface area contributed by atoms with Crippen molar-refractivity contribution < 1.29 is 4.79 Å². The van der Waals surface area contributed by atoms with Gasteiger partial charge in [-0.25, -0.2) is 4.98 Å². The fourth-order valence-corrected chi connectivity index (χ4v) is 4.56. The van der Waals surface area contributed by atoms with E-state index in [9.17, 15) is 9.59 Å². The average Bonchev–Trinajstić information content (AvgIpc) is 3.32. The predicted molar refractivity (Wildman–Crippen MR) is 126 cm³/mol. The molecule has 2 aromatic carbocycles. The zero-order valence-electron chi connectivity index (χ0n) is 17.7. The summed E-state index contributed by atoms with van der Waals surface area (Å²) in [7, 11) is 0. The highest BCUT2D eigenvalue weighted by Gasteiger charge is 2.17. The third kappa shape index (κ3) is 4.59. The molecule has 0 fully saturated rings. The molecule has 2 heterocycles. The first-order chi connectivity index (χ1) is 15.1. The van der Waals surface area contributed by atoms with Crippen molar-refractivity contribution in [2.75, 3.05) is 0 Å². The molecule has 0 aliphatic carbocycles. The molecular formula is C25H25N3O2S. The predicted octanol–water partition coefficient (Wildman–Crippen LogP) is 5.09. The summed E-state index contributed by atoms with van der Waals surface area (Å²) in [4.78, 5) is 31.4. The lowest BCUT2D eigenvalue weighted by Gasteiger charge is -2.17. The normalized spacial score (nSPS) is 12.1. The van der Waals surface area contributed by atoms with Crippen molar-refractivity contribution in [2.45, 2.75) is 39.3 Å². The maximum Gasteiger partial charge on any atom is 0.272 e. The topological polar surface area (TPSA) is 64.0 Å². The molecule has 1 amide bonds. The van der Waals surface area contributed by atoms with Gasteiger partial charge in [0.25, 0.3) is 11.5 Å². The number of nitrogens with one attached hydrogen (secondary N) is 1. The van der Waals surface area contributed by atoms with Crippen LogP contribution in [0.15, 0.2) is 70.8 Å². The van der Waals surface area contributed by atoms with Crippen molar-refractivity contribution in [3.8, 4) is 0 Å². The Balaban J connectivity index is 1.67. The molecule has 0 radical (unpaired) electrons. The Kier molecular flexibility index (Phi) is 6.28. The monoisotopic (exact) mass is 431 g/mol. The van der Waals surface area contributed by atoms with Gasteiger partial charge in [-0.1, -0.05) is 49.7 Å². The number of aryl methyl sites for hydroxylation is 1. The molecule has 6 heteroatoms. The number of benzene rings is 2. The van der Waals surface area contributed by atoms with Crippen LogP contribution in [0.1, 0.15) is 52.3 Å². The molecular weight excluding hydrogens is 406 g/mol. The van der Waals surface area contributed by atoms with E-state index < -0.39 is 0 Å². The summed E-state index contributed by atoms with van der Waals surface area (Å²) >= 11 is 1.65. The summed E-state index contributed by atoms with van der Waals surface area (Å²) in [5.74, 6) is -0.131. The summed E-state index contributed by atoms with van der Waals surface area (Å²) in [6, 6.07) is 19.3. The zero-order valence-corrected chi connectivity index (χ0v) is 18.5. The van der Waals surface area contributed by atoms with Gasteiger partial charge in [-0.3, -0.25) is 9.59 Å². The van der Waals surface area contributed by atoms with E-state index in [0.717, 1.165) is 28.8 Å². The molecule has 5 nitrogen and oxygen atoms in total. The summed E-state index contributed by atoms with van der Waals surface area (Å²) in [6.45, 7) is 4.29. The van der Waals surface area contributed by atoms with Crippen LogP contribution in [-0.2, 0) is 6.54 Å². The second kappa shape index (κ2) is 9.27. The van der Waals surface area contributed by atoms with Crippen LogP contribution in [-0.4, -0.2) is 15.5 Å². The number of carbonyl (C=O) groups excluding carboxylic acids is 1. The third-order valence-electron chi connectivity index (χ3n) is 5.32. The third-order valence-corrected chi connectivity index (χ3v) is 6.31. The van der Waals surface area contributed by atoms with Crippen molar-refractivity contribution in [3.05, 3.63) is 98.1 Å². The van der Waals surface area contributed by atoms with E-state index in [2.05, 4.69) is 23.3 Å². The minimum atomic E-state index is -0.131. The number of hydrogen-bond acceptors (Lipinski definition) is 4. The Morgan fingerprint density at radius 2 is 1.94 bits per heavy atom. The maximum atomic E-state index is 13.0. The molecule has 0 aliphatic heterocycles. The number of aromatic nitrogens is 2. The largest absolute Gasteiger partial charge is 0.344 e. The highest BCUT2D eigenvalue weighted by atomic mass is 32.1. The lowest BCUT2D eigenvalue weighted by molar-refractivity contribution is 0.0935. The van der Waals surface area contributed by atoms with E-state index in [1.165, 1.54) is 0 Å². The number of carbonyl (C=O) groups is 1. The summed E-state index contributed by atoms with van der Waals surface area (Å²) in [5.41, 5.74) is 3.25. The van der Waals surface area contributed by atoms with Gasteiger partial charge in [0.1, 0.15) is 5.69 Å². The number of thiophene rings is 1. The van der Waals surface area contributed by atoms with Gasteiger partial charge < -0.3 is 9.88 Å². The van der Waals surface area contributed by atoms with Gasteiger partial charge in [-0.15, -0.1) is 11.3 Å². The number of nitrogens with zero attached hydrogens (tertiary/aromatic N) is 2. The number of hydrogen-bond donors (Lipinski definition) is 1. The maximum absolute atomic E-state index is 13.0. The molecule has 0 aliphatic rings. The van der Waals surface area contributed by atoms with E-state index in [1.54, 1.807) is 35.0 Å². The van der Waals surface area contributed by atoms with Crippen molar-refractivity contribution in [1.29, 1.82) is 0 Å². The summed E-state index contributed by atoms with van der Waals surface area (Å²) in [6.07, 6.45) is 1.86. The average molecular weight is 432 g/mol. The molecule has 158 valence electrons. The van der Waals surface area contributed by atoms with Gasteiger partial charge in [-0.2, -0.15) is 0 Å². The Bertz CT molecular complexity index is 1250. The van der Waals surface area contributed by atoms with Crippen molar-refractivity contribution >= 4 is 28.3 Å². The molecule has 0 saturated heterocycles. The molecule has 31 heavy (non-hydrogen) atoms.